The zero-order valence-electron chi connectivity index (χ0n) is 8.60. The minimum Gasteiger partial charge on any atom is -0.352 e. The van der Waals surface area contributed by atoms with Gasteiger partial charge in [0.15, 0.2) is 0 Å². The molecule has 4 nitrogen and oxygen atoms in total. The minimum absolute atomic E-state index is 0.104. The highest BCUT2D eigenvalue weighted by molar-refractivity contribution is 5.76. The Labute approximate surface area is 88.9 Å². The van der Waals surface area contributed by atoms with E-state index in [9.17, 15) is 4.79 Å². The van der Waals surface area contributed by atoms with Crippen LogP contribution in [0.5, 0.6) is 0 Å². The summed E-state index contributed by atoms with van der Waals surface area (Å²) in [6, 6.07) is 5.73. The van der Waals surface area contributed by atoms with Crippen molar-refractivity contribution in [2.75, 3.05) is 0 Å². The van der Waals surface area contributed by atoms with Crippen molar-refractivity contribution in [3.05, 3.63) is 30.1 Å². The third kappa shape index (κ3) is 4.23. The van der Waals surface area contributed by atoms with Crippen LogP contribution in [0.3, 0.4) is 0 Å². The topological polar surface area (TPSA) is 65.8 Å². The number of nitrogens with one attached hydrogen (secondary N) is 1. The maximum absolute atomic E-state index is 11.3. The summed E-state index contributed by atoms with van der Waals surface area (Å²) in [6.45, 7) is 2.19. The SMILES string of the molecule is CC(C#N)CC(=O)NCc1cccnc1. The van der Waals surface area contributed by atoms with Gasteiger partial charge in [0, 0.05) is 25.4 Å². The summed E-state index contributed by atoms with van der Waals surface area (Å²) in [6.07, 6.45) is 3.63. The van der Waals surface area contributed by atoms with Crippen LogP contribution < -0.4 is 5.32 Å². The van der Waals surface area contributed by atoms with Crippen molar-refractivity contribution < 1.29 is 4.79 Å². The van der Waals surface area contributed by atoms with Crippen molar-refractivity contribution in [1.29, 1.82) is 5.26 Å². The number of carbonyl (C=O) groups excluding carboxylic acids is 1. The Morgan fingerprint density at radius 2 is 2.53 bits per heavy atom. The predicted octanol–water partition coefficient (Wildman–Crippen LogP) is 1.25. The lowest BCUT2D eigenvalue weighted by Crippen LogP contribution is -2.24. The average Bonchev–Trinajstić information content (AvgIpc) is 2.27. The van der Waals surface area contributed by atoms with Crippen molar-refractivity contribution in [2.24, 2.45) is 5.92 Å². The Morgan fingerprint density at radius 3 is 3.13 bits per heavy atom. The van der Waals surface area contributed by atoms with Gasteiger partial charge in [0.25, 0.3) is 0 Å². The Kier molecular flexibility index (Phi) is 4.30. The second-order valence-corrected chi connectivity index (χ2v) is 3.37. The molecule has 1 N–H and O–H groups in total. The van der Waals surface area contributed by atoms with Gasteiger partial charge in [0.2, 0.25) is 5.91 Å². The van der Waals surface area contributed by atoms with Crippen LogP contribution >= 0.6 is 0 Å². The number of rotatable bonds is 4. The Hall–Kier alpha value is -1.89. The first-order valence-electron chi connectivity index (χ1n) is 4.77. The van der Waals surface area contributed by atoms with Crippen LogP contribution in [0.25, 0.3) is 0 Å². The number of nitrogens with zero attached hydrogens (tertiary/aromatic N) is 2. The maximum atomic E-state index is 11.3. The molecule has 0 bridgehead atoms. The van der Waals surface area contributed by atoms with Gasteiger partial charge >= 0.3 is 0 Å². The summed E-state index contributed by atoms with van der Waals surface area (Å²) in [5, 5.41) is 11.3. The highest BCUT2D eigenvalue weighted by Crippen LogP contribution is 2.00. The first-order chi connectivity index (χ1) is 7.22. The van der Waals surface area contributed by atoms with Gasteiger partial charge in [-0.2, -0.15) is 5.26 Å². The van der Waals surface area contributed by atoms with E-state index in [0.717, 1.165) is 5.56 Å². The summed E-state index contributed by atoms with van der Waals surface area (Å²) >= 11 is 0. The molecule has 0 aromatic carbocycles. The number of hydrogen-bond acceptors (Lipinski definition) is 3. The molecule has 0 spiro atoms. The van der Waals surface area contributed by atoms with E-state index in [-0.39, 0.29) is 18.2 Å². The number of hydrogen-bond donors (Lipinski definition) is 1. The highest BCUT2D eigenvalue weighted by Gasteiger charge is 2.07. The lowest BCUT2D eigenvalue weighted by atomic mass is 10.1. The molecule has 1 amide bonds. The molecular formula is C11H13N3O. The van der Waals surface area contributed by atoms with Crippen LogP contribution in [0.15, 0.2) is 24.5 Å². The van der Waals surface area contributed by atoms with E-state index in [1.165, 1.54) is 0 Å². The van der Waals surface area contributed by atoms with E-state index >= 15 is 0 Å². The third-order valence-electron chi connectivity index (χ3n) is 1.92. The fraction of sp³-hybridized carbons (Fsp3) is 0.364. The van der Waals surface area contributed by atoms with Crippen LogP contribution in [0.4, 0.5) is 0 Å². The van der Waals surface area contributed by atoms with Gasteiger partial charge in [0.05, 0.1) is 12.0 Å². The first-order valence-corrected chi connectivity index (χ1v) is 4.77. The average molecular weight is 203 g/mol. The molecule has 1 aromatic heterocycles. The van der Waals surface area contributed by atoms with Crippen molar-refractivity contribution in [2.45, 2.75) is 19.9 Å². The van der Waals surface area contributed by atoms with E-state index in [1.54, 1.807) is 19.3 Å². The molecule has 0 saturated carbocycles. The quantitative estimate of drug-likeness (QED) is 0.800. The van der Waals surface area contributed by atoms with E-state index < -0.39 is 0 Å². The van der Waals surface area contributed by atoms with Gasteiger partial charge in [-0.15, -0.1) is 0 Å². The molecule has 1 atom stereocenters. The number of aromatic nitrogens is 1. The molecule has 0 saturated heterocycles. The number of amides is 1. The van der Waals surface area contributed by atoms with Gasteiger partial charge in [-0.05, 0) is 18.6 Å². The monoisotopic (exact) mass is 203 g/mol. The lowest BCUT2D eigenvalue weighted by molar-refractivity contribution is -0.121. The van der Waals surface area contributed by atoms with Crippen LogP contribution in [0, 0.1) is 17.2 Å². The van der Waals surface area contributed by atoms with Gasteiger partial charge < -0.3 is 5.32 Å². The molecule has 4 heteroatoms. The Balaban J connectivity index is 2.32. The van der Waals surface area contributed by atoms with Gasteiger partial charge in [-0.25, -0.2) is 0 Å². The zero-order valence-corrected chi connectivity index (χ0v) is 8.60. The summed E-state index contributed by atoms with van der Waals surface area (Å²) in [5.41, 5.74) is 0.954. The number of pyridine rings is 1. The molecular weight excluding hydrogens is 190 g/mol. The first kappa shape index (κ1) is 11.2. The van der Waals surface area contributed by atoms with Crippen LogP contribution in [0.2, 0.25) is 0 Å². The maximum Gasteiger partial charge on any atom is 0.221 e. The van der Waals surface area contributed by atoms with Crippen molar-refractivity contribution >= 4 is 5.91 Å². The largest absolute Gasteiger partial charge is 0.352 e. The lowest BCUT2D eigenvalue weighted by Gasteiger charge is -2.05. The smallest absolute Gasteiger partial charge is 0.221 e. The molecule has 15 heavy (non-hydrogen) atoms. The van der Waals surface area contributed by atoms with Crippen LogP contribution in [-0.2, 0) is 11.3 Å². The molecule has 0 fully saturated rings. The van der Waals surface area contributed by atoms with Crippen molar-refractivity contribution in [3.63, 3.8) is 0 Å². The predicted molar refractivity (Wildman–Crippen MR) is 55.5 cm³/mol. The van der Waals surface area contributed by atoms with Gasteiger partial charge in [0.1, 0.15) is 0 Å². The van der Waals surface area contributed by atoms with Crippen molar-refractivity contribution in [3.8, 4) is 6.07 Å². The van der Waals surface area contributed by atoms with E-state index in [1.807, 2.05) is 18.2 Å². The molecule has 0 aliphatic heterocycles. The molecule has 1 rings (SSSR count). The molecule has 0 radical (unpaired) electrons. The number of carbonyl (C=O) groups is 1. The summed E-state index contributed by atoms with van der Waals surface area (Å²) in [4.78, 5) is 15.2. The molecule has 0 aliphatic rings. The molecule has 1 heterocycles. The van der Waals surface area contributed by atoms with Gasteiger partial charge in [-0.3, -0.25) is 9.78 Å². The second kappa shape index (κ2) is 5.76. The van der Waals surface area contributed by atoms with Gasteiger partial charge in [-0.1, -0.05) is 6.07 Å². The van der Waals surface area contributed by atoms with Crippen LogP contribution in [-0.4, -0.2) is 10.9 Å². The van der Waals surface area contributed by atoms with E-state index in [0.29, 0.717) is 6.54 Å². The molecule has 0 aliphatic carbocycles. The van der Waals surface area contributed by atoms with E-state index in [4.69, 9.17) is 5.26 Å². The Bertz CT molecular complexity index is 356. The minimum atomic E-state index is -0.237. The fourth-order valence-electron chi connectivity index (χ4n) is 1.10. The zero-order chi connectivity index (χ0) is 11.1. The molecule has 1 aromatic rings. The Morgan fingerprint density at radius 1 is 1.73 bits per heavy atom. The third-order valence-corrected chi connectivity index (χ3v) is 1.92. The normalized spacial score (nSPS) is 11.5. The van der Waals surface area contributed by atoms with Crippen molar-refractivity contribution in [1.82, 2.24) is 10.3 Å². The molecule has 78 valence electrons. The standard InChI is InChI=1S/C11H13N3O/c1-9(6-12)5-11(15)14-8-10-3-2-4-13-7-10/h2-4,7,9H,5,8H2,1H3,(H,14,15). The fourth-order valence-corrected chi connectivity index (χ4v) is 1.10. The van der Waals surface area contributed by atoms with E-state index in [2.05, 4.69) is 10.3 Å². The number of nitriles is 1. The summed E-state index contributed by atoms with van der Waals surface area (Å²) < 4.78 is 0. The molecule has 1 unspecified atom stereocenters. The highest BCUT2D eigenvalue weighted by atomic mass is 16.1. The van der Waals surface area contributed by atoms with Crippen LogP contribution in [0.1, 0.15) is 18.9 Å². The second-order valence-electron chi connectivity index (χ2n) is 3.37. The summed E-state index contributed by atoms with van der Waals surface area (Å²) in [7, 11) is 0. The summed E-state index contributed by atoms with van der Waals surface area (Å²) in [5.74, 6) is -0.341.